The van der Waals surface area contributed by atoms with E-state index in [-0.39, 0.29) is 17.9 Å². The van der Waals surface area contributed by atoms with Crippen LogP contribution in [0.5, 0.6) is 0 Å². The number of carbonyl (C=O) groups is 2. The summed E-state index contributed by atoms with van der Waals surface area (Å²) in [4.78, 5) is 27.3. The zero-order valence-corrected chi connectivity index (χ0v) is 18.6. The van der Waals surface area contributed by atoms with Gasteiger partial charge in [0.2, 0.25) is 11.8 Å². The van der Waals surface area contributed by atoms with E-state index in [4.69, 9.17) is 0 Å². The summed E-state index contributed by atoms with van der Waals surface area (Å²) in [6, 6.07) is 15.5. The number of nitrogens with one attached hydrogen (secondary N) is 1. The van der Waals surface area contributed by atoms with E-state index in [9.17, 15) is 9.59 Å². The number of carbonyl (C=O) groups excluding carboxylic acids is 2. The molecule has 0 aromatic heterocycles. The van der Waals surface area contributed by atoms with Crippen LogP contribution in [-0.2, 0) is 22.6 Å². The Balaban J connectivity index is 2.14. The van der Waals surface area contributed by atoms with Crippen molar-refractivity contribution in [3.63, 3.8) is 0 Å². The molecule has 0 spiro atoms. The van der Waals surface area contributed by atoms with Gasteiger partial charge in [0, 0.05) is 23.5 Å². The maximum absolute atomic E-state index is 13.0. The third kappa shape index (κ3) is 6.79. The Morgan fingerprint density at radius 2 is 1.71 bits per heavy atom. The molecule has 0 saturated carbocycles. The molecule has 0 fully saturated rings. The van der Waals surface area contributed by atoms with Gasteiger partial charge in [-0.15, -0.1) is 0 Å². The highest BCUT2D eigenvalue weighted by Crippen LogP contribution is 2.17. The Kier molecular flexibility index (Phi) is 8.24. The number of benzene rings is 2. The van der Waals surface area contributed by atoms with E-state index in [0.29, 0.717) is 19.4 Å². The van der Waals surface area contributed by atoms with Gasteiger partial charge in [0.25, 0.3) is 0 Å². The second-order valence-electron chi connectivity index (χ2n) is 7.48. The Labute approximate surface area is 176 Å². The summed E-state index contributed by atoms with van der Waals surface area (Å²) in [6.07, 6.45) is 1.03. The van der Waals surface area contributed by atoms with E-state index in [0.717, 1.165) is 15.6 Å². The molecule has 0 bridgehead atoms. The molecule has 150 valence electrons. The summed E-state index contributed by atoms with van der Waals surface area (Å²) in [5.41, 5.74) is 3.31. The predicted molar refractivity (Wildman–Crippen MR) is 117 cm³/mol. The molecule has 28 heavy (non-hydrogen) atoms. The summed E-state index contributed by atoms with van der Waals surface area (Å²) in [7, 11) is 0. The summed E-state index contributed by atoms with van der Waals surface area (Å²) >= 11 is 3.47. The highest BCUT2D eigenvalue weighted by atomic mass is 79.9. The van der Waals surface area contributed by atoms with Crippen molar-refractivity contribution in [2.75, 3.05) is 0 Å². The maximum Gasteiger partial charge on any atom is 0.242 e. The van der Waals surface area contributed by atoms with Crippen molar-refractivity contribution in [2.45, 2.75) is 59.2 Å². The number of halogens is 1. The number of rotatable bonds is 8. The Bertz CT molecular complexity index is 803. The standard InChI is InChI=1S/C23H29BrN2O2/c1-16(2)25-23(28)18(4)26(15-20-6-5-7-21(24)14-20)22(27)13-12-19-10-8-17(3)9-11-19/h5-11,14,16,18H,12-13,15H2,1-4H3,(H,25,28)/t18-/m0/s1. The summed E-state index contributed by atoms with van der Waals surface area (Å²) in [5.74, 6) is -0.152. The number of hydrogen-bond donors (Lipinski definition) is 1. The largest absolute Gasteiger partial charge is 0.352 e. The summed E-state index contributed by atoms with van der Waals surface area (Å²) < 4.78 is 0.955. The van der Waals surface area contributed by atoms with Gasteiger partial charge in [-0.25, -0.2) is 0 Å². The lowest BCUT2D eigenvalue weighted by atomic mass is 10.1. The second-order valence-corrected chi connectivity index (χ2v) is 8.39. The molecule has 4 nitrogen and oxygen atoms in total. The second kappa shape index (κ2) is 10.4. The normalized spacial score (nSPS) is 11.9. The quantitative estimate of drug-likeness (QED) is 0.644. The zero-order chi connectivity index (χ0) is 20.7. The van der Waals surface area contributed by atoms with Crippen LogP contribution < -0.4 is 5.32 Å². The summed E-state index contributed by atoms with van der Waals surface area (Å²) in [6.45, 7) is 8.08. The van der Waals surface area contributed by atoms with Crippen molar-refractivity contribution in [2.24, 2.45) is 0 Å². The fourth-order valence-electron chi connectivity index (χ4n) is 2.97. The topological polar surface area (TPSA) is 49.4 Å². The van der Waals surface area contributed by atoms with Crippen LogP contribution in [0.3, 0.4) is 0 Å². The van der Waals surface area contributed by atoms with Crippen LogP contribution in [0.25, 0.3) is 0 Å². The van der Waals surface area contributed by atoms with Gasteiger partial charge in [-0.1, -0.05) is 57.9 Å². The van der Waals surface area contributed by atoms with Gasteiger partial charge < -0.3 is 10.2 Å². The molecule has 2 rings (SSSR count). The van der Waals surface area contributed by atoms with E-state index >= 15 is 0 Å². The fraction of sp³-hybridized carbons (Fsp3) is 0.391. The predicted octanol–water partition coefficient (Wildman–Crippen LogP) is 4.63. The molecule has 2 aromatic rings. The smallest absolute Gasteiger partial charge is 0.242 e. The van der Waals surface area contributed by atoms with E-state index in [2.05, 4.69) is 45.5 Å². The van der Waals surface area contributed by atoms with Crippen LogP contribution >= 0.6 is 15.9 Å². The highest BCUT2D eigenvalue weighted by molar-refractivity contribution is 9.10. The maximum atomic E-state index is 13.0. The monoisotopic (exact) mass is 444 g/mol. The first-order valence-corrected chi connectivity index (χ1v) is 10.5. The lowest BCUT2D eigenvalue weighted by Gasteiger charge is -2.29. The fourth-order valence-corrected chi connectivity index (χ4v) is 3.42. The SMILES string of the molecule is Cc1ccc(CCC(=O)N(Cc2cccc(Br)c2)[C@@H](C)C(=O)NC(C)C)cc1. The third-order valence-electron chi connectivity index (χ3n) is 4.59. The van der Waals surface area contributed by atoms with Crippen molar-refractivity contribution < 1.29 is 9.59 Å². The molecule has 0 aliphatic rings. The number of nitrogens with zero attached hydrogens (tertiary/aromatic N) is 1. The van der Waals surface area contributed by atoms with Crippen molar-refractivity contribution >= 4 is 27.7 Å². The van der Waals surface area contributed by atoms with Crippen LogP contribution in [0.15, 0.2) is 53.0 Å². The van der Waals surface area contributed by atoms with Gasteiger partial charge in [0.15, 0.2) is 0 Å². The van der Waals surface area contributed by atoms with Crippen molar-refractivity contribution in [3.8, 4) is 0 Å². The third-order valence-corrected chi connectivity index (χ3v) is 5.08. The molecule has 0 aliphatic carbocycles. The molecule has 5 heteroatoms. The Hall–Kier alpha value is -2.14. The Morgan fingerprint density at radius 3 is 2.32 bits per heavy atom. The van der Waals surface area contributed by atoms with Crippen LogP contribution in [0.2, 0.25) is 0 Å². The minimum absolute atomic E-state index is 0.0213. The van der Waals surface area contributed by atoms with E-state index in [1.807, 2.05) is 45.0 Å². The van der Waals surface area contributed by atoms with Crippen LogP contribution in [0.4, 0.5) is 0 Å². The van der Waals surface area contributed by atoms with E-state index < -0.39 is 6.04 Å². The first-order chi connectivity index (χ1) is 13.3. The van der Waals surface area contributed by atoms with E-state index in [1.54, 1.807) is 11.8 Å². The molecular weight excluding hydrogens is 416 g/mol. The molecule has 0 radical (unpaired) electrons. The first-order valence-electron chi connectivity index (χ1n) is 9.66. The van der Waals surface area contributed by atoms with Gasteiger partial charge in [-0.05, 0) is 57.4 Å². The Morgan fingerprint density at radius 1 is 1.04 bits per heavy atom. The number of amides is 2. The molecule has 0 heterocycles. The molecule has 1 atom stereocenters. The summed E-state index contributed by atoms with van der Waals surface area (Å²) in [5, 5.41) is 2.91. The minimum Gasteiger partial charge on any atom is -0.352 e. The molecule has 0 saturated heterocycles. The number of hydrogen-bond acceptors (Lipinski definition) is 2. The lowest BCUT2D eigenvalue weighted by Crippen LogP contribution is -2.49. The average Bonchev–Trinajstić information content (AvgIpc) is 2.64. The molecule has 2 aromatic carbocycles. The van der Waals surface area contributed by atoms with Gasteiger partial charge in [0.1, 0.15) is 6.04 Å². The number of aryl methyl sites for hydroxylation is 2. The van der Waals surface area contributed by atoms with Crippen LogP contribution in [0, 0.1) is 6.92 Å². The molecule has 0 aliphatic heterocycles. The lowest BCUT2D eigenvalue weighted by molar-refractivity contribution is -0.140. The first kappa shape index (κ1) is 22.2. The molecule has 0 unspecified atom stereocenters. The molecule has 1 N–H and O–H groups in total. The van der Waals surface area contributed by atoms with Crippen molar-refractivity contribution in [1.29, 1.82) is 0 Å². The minimum atomic E-state index is -0.535. The molecular formula is C23H29BrN2O2. The van der Waals surface area contributed by atoms with Crippen LogP contribution in [-0.4, -0.2) is 28.8 Å². The van der Waals surface area contributed by atoms with Crippen molar-refractivity contribution in [1.82, 2.24) is 10.2 Å². The van der Waals surface area contributed by atoms with Crippen molar-refractivity contribution in [3.05, 3.63) is 69.7 Å². The van der Waals surface area contributed by atoms with E-state index in [1.165, 1.54) is 5.56 Å². The zero-order valence-electron chi connectivity index (χ0n) is 17.0. The highest BCUT2D eigenvalue weighted by Gasteiger charge is 2.26. The van der Waals surface area contributed by atoms with Gasteiger partial charge >= 0.3 is 0 Å². The van der Waals surface area contributed by atoms with Crippen LogP contribution in [0.1, 0.15) is 43.9 Å². The average molecular weight is 445 g/mol. The van der Waals surface area contributed by atoms with Gasteiger partial charge in [-0.2, -0.15) is 0 Å². The van der Waals surface area contributed by atoms with Gasteiger partial charge in [0.05, 0.1) is 0 Å². The van der Waals surface area contributed by atoms with Gasteiger partial charge in [-0.3, -0.25) is 9.59 Å². The molecule has 2 amide bonds.